The second-order valence-corrected chi connectivity index (χ2v) is 11.0. The molecule has 0 unspecified atom stereocenters. The summed E-state index contributed by atoms with van der Waals surface area (Å²) >= 11 is 0. The molecular formula is C33H33F3N8O. The average Bonchev–Trinajstić information content (AvgIpc) is 3.65. The third kappa shape index (κ3) is 6.60. The van der Waals surface area contributed by atoms with Gasteiger partial charge in [-0.1, -0.05) is 31.2 Å². The molecule has 232 valence electrons. The summed E-state index contributed by atoms with van der Waals surface area (Å²) in [7, 11) is 0. The first-order chi connectivity index (χ1) is 21.7. The van der Waals surface area contributed by atoms with Gasteiger partial charge in [-0.25, -0.2) is 15.0 Å². The molecule has 0 saturated carbocycles. The average molecular weight is 615 g/mol. The Kier molecular flexibility index (Phi) is 8.40. The van der Waals surface area contributed by atoms with Gasteiger partial charge in [0, 0.05) is 35.6 Å². The van der Waals surface area contributed by atoms with E-state index in [0.29, 0.717) is 35.0 Å². The molecule has 9 nitrogen and oxygen atoms in total. The Balaban J connectivity index is 1.27. The molecule has 0 radical (unpaired) electrons. The van der Waals surface area contributed by atoms with E-state index in [0.717, 1.165) is 54.8 Å². The Labute approximate surface area is 258 Å². The number of fused-ring (bicyclic) bond motifs is 1. The number of nitrogens with one attached hydrogen (secondary N) is 3. The number of likely N-dealkylation sites (tertiary alicyclic amines) is 1. The Morgan fingerprint density at radius 3 is 2.69 bits per heavy atom. The lowest BCUT2D eigenvalue weighted by molar-refractivity contribution is -0.137. The van der Waals surface area contributed by atoms with E-state index < -0.39 is 17.6 Å². The van der Waals surface area contributed by atoms with Crippen LogP contribution in [0.1, 0.15) is 41.3 Å². The van der Waals surface area contributed by atoms with Crippen molar-refractivity contribution in [1.82, 2.24) is 24.4 Å². The monoisotopic (exact) mass is 614 g/mol. The van der Waals surface area contributed by atoms with Crippen LogP contribution in [0.3, 0.4) is 0 Å². The van der Waals surface area contributed by atoms with Gasteiger partial charge in [0.1, 0.15) is 18.0 Å². The van der Waals surface area contributed by atoms with Crippen molar-refractivity contribution in [2.45, 2.75) is 38.9 Å². The molecule has 3 heterocycles. The molecule has 0 bridgehead atoms. The molecule has 3 N–H and O–H groups in total. The van der Waals surface area contributed by atoms with Crippen molar-refractivity contribution in [3.8, 4) is 5.82 Å². The van der Waals surface area contributed by atoms with E-state index in [1.165, 1.54) is 24.9 Å². The van der Waals surface area contributed by atoms with Gasteiger partial charge < -0.3 is 16.0 Å². The third-order valence-electron chi connectivity index (χ3n) is 8.06. The van der Waals surface area contributed by atoms with E-state index in [2.05, 4.69) is 37.7 Å². The molecule has 0 spiro atoms. The zero-order valence-corrected chi connectivity index (χ0v) is 24.9. The number of carbonyl (C=O) groups excluding carboxylic acids is 1. The summed E-state index contributed by atoms with van der Waals surface area (Å²) in [4.78, 5) is 29.2. The lowest BCUT2D eigenvalue weighted by Gasteiger charge is -2.23. The molecule has 0 aliphatic carbocycles. The number of halogens is 3. The summed E-state index contributed by atoms with van der Waals surface area (Å²) in [6.45, 7) is 7.01. The Bertz CT molecular complexity index is 1840. The van der Waals surface area contributed by atoms with Gasteiger partial charge in [0.2, 0.25) is 5.95 Å². The lowest BCUT2D eigenvalue weighted by Crippen LogP contribution is -2.34. The van der Waals surface area contributed by atoms with Crippen LogP contribution >= 0.6 is 0 Å². The van der Waals surface area contributed by atoms with Gasteiger partial charge in [-0.15, -0.1) is 0 Å². The number of benzene rings is 3. The Morgan fingerprint density at radius 2 is 1.87 bits per heavy atom. The normalized spacial score (nSPS) is 15.4. The number of likely N-dealkylation sites (N-methyl/N-ethyl adjacent to an activating group) is 1. The summed E-state index contributed by atoms with van der Waals surface area (Å²) in [6, 6.07) is 19.6. The number of hydrogen-bond acceptors (Lipinski definition) is 7. The predicted octanol–water partition coefficient (Wildman–Crippen LogP) is 7.03. The predicted molar refractivity (Wildman–Crippen MR) is 169 cm³/mol. The van der Waals surface area contributed by atoms with Gasteiger partial charge in [-0.05, 0) is 80.9 Å². The number of hydrogen-bond donors (Lipinski definition) is 3. The van der Waals surface area contributed by atoms with Crippen LogP contribution in [-0.2, 0) is 6.18 Å². The highest BCUT2D eigenvalue weighted by Gasteiger charge is 2.31. The number of carbonyl (C=O) groups is 1. The van der Waals surface area contributed by atoms with Gasteiger partial charge >= 0.3 is 6.18 Å². The first kappa shape index (κ1) is 30.1. The molecule has 1 fully saturated rings. The summed E-state index contributed by atoms with van der Waals surface area (Å²) in [5, 5.41) is 9.58. The van der Waals surface area contributed by atoms with E-state index in [1.54, 1.807) is 12.1 Å². The van der Waals surface area contributed by atoms with Crippen molar-refractivity contribution < 1.29 is 18.0 Å². The quantitative estimate of drug-likeness (QED) is 0.164. The second kappa shape index (κ2) is 12.6. The Morgan fingerprint density at radius 1 is 1.02 bits per heavy atom. The van der Waals surface area contributed by atoms with Crippen LogP contribution in [0.4, 0.5) is 36.3 Å². The highest BCUT2D eigenvalue weighted by Crippen LogP contribution is 2.31. The van der Waals surface area contributed by atoms with E-state index in [-0.39, 0.29) is 5.56 Å². The van der Waals surface area contributed by atoms with Crippen LogP contribution in [-0.4, -0.2) is 56.0 Å². The van der Waals surface area contributed by atoms with E-state index in [1.807, 2.05) is 47.9 Å². The maximum absolute atomic E-state index is 13.2. The van der Waals surface area contributed by atoms with E-state index in [4.69, 9.17) is 4.98 Å². The van der Waals surface area contributed by atoms with Gasteiger partial charge in [-0.3, -0.25) is 14.3 Å². The van der Waals surface area contributed by atoms with Crippen LogP contribution in [0.15, 0.2) is 79.1 Å². The molecule has 3 aromatic carbocycles. The fourth-order valence-corrected chi connectivity index (χ4v) is 5.67. The number of rotatable bonds is 9. The number of para-hydroxylation sites is 2. The van der Waals surface area contributed by atoms with E-state index in [9.17, 15) is 18.0 Å². The fraction of sp³-hybridized carbons (Fsp3) is 0.273. The molecule has 12 heteroatoms. The third-order valence-corrected chi connectivity index (χ3v) is 8.06. The molecule has 2 aromatic heterocycles. The maximum atomic E-state index is 13.2. The van der Waals surface area contributed by atoms with Crippen molar-refractivity contribution in [2.24, 2.45) is 0 Å². The summed E-state index contributed by atoms with van der Waals surface area (Å²) in [5.41, 5.74) is 2.55. The topological polar surface area (TPSA) is 100 Å². The number of imidazole rings is 1. The SMILES string of the molecule is CCN1CCC[C@@H]1CNc1cc(-n2c(Nc3cc(NC(=O)c4cccc(C(F)(F)F)c4)ccc3C)nc3ccccc32)ncn1. The summed E-state index contributed by atoms with van der Waals surface area (Å²) in [5.74, 6) is 1.18. The lowest BCUT2D eigenvalue weighted by atomic mass is 10.1. The van der Waals surface area contributed by atoms with Crippen molar-refractivity contribution in [3.05, 3.63) is 95.8 Å². The van der Waals surface area contributed by atoms with Crippen molar-refractivity contribution in [2.75, 3.05) is 35.6 Å². The molecule has 1 aliphatic rings. The minimum atomic E-state index is -4.55. The molecule has 1 saturated heterocycles. The van der Waals surface area contributed by atoms with Crippen molar-refractivity contribution in [3.63, 3.8) is 0 Å². The number of nitrogens with zero attached hydrogens (tertiary/aromatic N) is 5. The van der Waals surface area contributed by atoms with Crippen LogP contribution in [0, 0.1) is 6.92 Å². The molecule has 1 amide bonds. The molecule has 1 aliphatic heterocycles. The summed E-state index contributed by atoms with van der Waals surface area (Å²) < 4.78 is 41.5. The molecule has 5 aromatic rings. The zero-order valence-electron chi connectivity index (χ0n) is 24.9. The maximum Gasteiger partial charge on any atom is 0.416 e. The Hall–Kier alpha value is -4.97. The van der Waals surface area contributed by atoms with Gasteiger partial charge in [0.25, 0.3) is 5.91 Å². The van der Waals surface area contributed by atoms with Gasteiger partial charge in [0.15, 0.2) is 0 Å². The van der Waals surface area contributed by atoms with Crippen molar-refractivity contribution >= 4 is 40.1 Å². The standard InChI is InChI=1S/C33H33F3N8O/c1-3-43-15-7-10-25(43)19-37-29-18-30(39-20-38-29)44-28-12-5-4-11-26(28)41-32(44)42-27-17-24(14-13-21(27)2)40-31(45)22-8-6-9-23(16-22)33(34,35)36/h4-6,8-9,11-14,16-18,20,25H,3,7,10,15,19H2,1-2H3,(H,40,45)(H,41,42)(H,37,38,39)/t25-/m1/s1. The molecular weight excluding hydrogens is 581 g/mol. The van der Waals surface area contributed by atoms with Crippen LogP contribution in [0.2, 0.25) is 0 Å². The highest BCUT2D eigenvalue weighted by atomic mass is 19.4. The highest BCUT2D eigenvalue weighted by molar-refractivity contribution is 6.04. The largest absolute Gasteiger partial charge is 0.416 e. The fourth-order valence-electron chi connectivity index (χ4n) is 5.67. The van der Waals surface area contributed by atoms with Crippen LogP contribution < -0.4 is 16.0 Å². The first-order valence-electron chi connectivity index (χ1n) is 14.8. The minimum Gasteiger partial charge on any atom is -0.368 e. The van der Waals surface area contributed by atoms with Crippen molar-refractivity contribution in [1.29, 1.82) is 0 Å². The molecule has 45 heavy (non-hydrogen) atoms. The smallest absolute Gasteiger partial charge is 0.368 e. The zero-order chi connectivity index (χ0) is 31.6. The first-order valence-corrected chi connectivity index (χ1v) is 14.8. The minimum absolute atomic E-state index is 0.0924. The number of aromatic nitrogens is 4. The second-order valence-electron chi connectivity index (χ2n) is 11.0. The van der Waals surface area contributed by atoms with Crippen LogP contribution in [0.5, 0.6) is 0 Å². The number of anilines is 4. The van der Waals surface area contributed by atoms with E-state index >= 15 is 0 Å². The molecule has 1 atom stereocenters. The van der Waals surface area contributed by atoms with Gasteiger partial charge in [0.05, 0.1) is 16.6 Å². The number of amides is 1. The summed E-state index contributed by atoms with van der Waals surface area (Å²) in [6.07, 6.45) is -0.675. The number of alkyl halides is 3. The molecule has 6 rings (SSSR count). The van der Waals surface area contributed by atoms with Gasteiger partial charge in [-0.2, -0.15) is 13.2 Å². The van der Waals surface area contributed by atoms with Crippen LogP contribution in [0.25, 0.3) is 16.9 Å². The number of aryl methyl sites for hydroxylation is 1.